The van der Waals surface area contributed by atoms with Crippen LogP contribution >= 0.6 is 0 Å². The fourth-order valence-electron chi connectivity index (χ4n) is 1.27. The molecule has 8 nitrogen and oxygen atoms in total. The summed E-state index contributed by atoms with van der Waals surface area (Å²) in [6.07, 6.45) is -1.24. The van der Waals surface area contributed by atoms with Crippen molar-refractivity contribution in [3.8, 4) is 0 Å². The van der Waals surface area contributed by atoms with Crippen molar-refractivity contribution in [2.75, 3.05) is 39.6 Å². The van der Waals surface area contributed by atoms with Crippen molar-refractivity contribution in [2.24, 2.45) is 0 Å². The Morgan fingerprint density at radius 3 is 2.94 bits per heavy atom. The summed E-state index contributed by atoms with van der Waals surface area (Å²) in [5.41, 5.74) is 0. The van der Waals surface area contributed by atoms with Crippen molar-refractivity contribution in [3.05, 3.63) is 0 Å². The maximum Gasteiger partial charge on any atom is 0.405 e. The van der Waals surface area contributed by atoms with Crippen LogP contribution in [0, 0.1) is 0 Å². The van der Waals surface area contributed by atoms with Crippen LogP contribution in [0.4, 0.5) is 4.79 Å². The van der Waals surface area contributed by atoms with Crippen LogP contribution in [-0.2, 0) is 14.3 Å². The van der Waals surface area contributed by atoms with E-state index in [-0.39, 0.29) is 19.4 Å². The molecule has 2 amide bonds. The Morgan fingerprint density at radius 2 is 2.29 bits per heavy atom. The molecular formula is C9H17N3O5. The van der Waals surface area contributed by atoms with Gasteiger partial charge in [-0.15, -0.1) is 0 Å². The van der Waals surface area contributed by atoms with Gasteiger partial charge in [-0.3, -0.25) is 4.79 Å². The molecule has 1 aliphatic rings. The van der Waals surface area contributed by atoms with E-state index in [9.17, 15) is 9.59 Å². The molecule has 1 aliphatic heterocycles. The molecule has 0 unspecified atom stereocenters. The highest BCUT2D eigenvalue weighted by molar-refractivity contribution is 5.81. The van der Waals surface area contributed by atoms with Crippen molar-refractivity contribution in [3.63, 3.8) is 0 Å². The molecule has 0 saturated carbocycles. The van der Waals surface area contributed by atoms with E-state index < -0.39 is 12.0 Å². The van der Waals surface area contributed by atoms with E-state index in [1.54, 1.807) is 0 Å². The summed E-state index contributed by atoms with van der Waals surface area (Å²) in [4.78, 5) is 21.1. The van der Waals surface area contributed by atoms with Crippen LogP contribution in [-0.4, -0.2) is 62.8 Å². The van der Waals surface area contributed by atoms with Crippen molar-refractivity contribution < 1.29 is 24.2 Å². The number of amides is 2. The summed E-state index contributed by atoms with van der Waals surface area (Å²) in [6.45, 7) is 2.38. The Labute approximate surface area is 98.6 Å². The molecule has 0 aromatic carbocycles. The van der Waals surface area contributed by atoms with Gasteiger partial charge in [-0.1, -0.05) is 0 Å². The molecule has 1 heterocycles. The predicted octanol–water partition coefficient (Wildman–Crippen LogP) is -1.67. The Morgan fingerprint density at radius 1 is 1.47 bits per heavy atom. The van der Waals surface area contributed by atoms with E-state index >= 15 is 0 Å². The van der Waals surface area contributed by atoms with Crippen molar-refractivity contribution >= 4 is 12.0 Å². The number of hydrogen-bond acceptors (Lipinski definition) is 5. The Balaban J connectivity index is 1.95. The lowest BCUT2D eigenvalue weighted by Gasteiger charge is -2.23. The average molecular weight is 247 g/mol. The highest BCUT2D eigenvalue weighted by atomic mass is 16.5. The van der Waals surface area contributed by atoms with Crippen LogP contribution in [0.25, 0.3) is 0 Å². The van der Waals surface area contributed by atoms with Crippen LogP contribution in [0.3, 0.4) is 0 Å². The Kier molecular flexibility index (Phi) is 6.30. The third-order valence-electron chi connectivity index (χ3n) is 2.08. The van der Waals surface area contributed by atoms with Crippen molar-refractivity contribution in [1.82, 2.24) is 16.0 Å². The van der Waals surface area contributed by atoms with E-state index in [1.807, 2.05) is 5.32 Å². The third-order valence-corrected chi connectivity index (χ3v) is 2.08. The molecule has 1 saturated heterocycles. The van der Waals surface area contributed by atoms with Gasteiger partial charge >= 0.3 is 6.09 Å². The number of carbonyl (C=O) groups is 2. The van der Waals surface area contributed by atoms with E-state index in [2.05, 4.69) is 10.6 Å². The van der Waals surface area contributed by atoms with Gasteiger partial charge in [-0.25, -0.2) is 4.79 Å². The second kappa shape index (κ2) is 7.82. The minimum atomic E-state index is -1.23. The molecule has 1 fully saturated rings. The SMILES string of the molecule is O=C(O)NCC(=O)NCOC[C@@H]1CNCCO1. The topological polar surface area (TPSA) is 109 Å². The summed E-state index contributed by atoms with van der Waals surface area (Å²) in [7, 11) is 0. The molecule has 1 atom stereocenters. The van der Waals surface area contributed by atoms with Gasteiger partial charge < -0.3 is 30.5 Å². The van der Waals surface area contributed by atoms with Gasteiger partial charge in [-0.05, 0) is 0 Å². The summed E-state index contributed by atoms with van der Waals surface area (Å²) < 4.78 is 10.6. The average Bonchev–Trinajstić information content (AvgIpc) is 2.33. The molecule has 4 N–H and O–H groups in total. The molecule has 98 valence electrons. The fourth-order valence-corrected chi connectivity index (χ4v) is 1.27. The summed E-state index contributed by atoms with van der Waals surface area (Å²) >= 11 is 0. The Hall–Kier alpha value is -1.38. The number of carbonyl (C=O) groups excluding carboxylic acids is 1. The van der Waals surface area contributed by atoms with Gasteiger partial charge in [0.1, 0.15) is 13.3 Å². The van der Waals surface area contributed by atoms with Crippen LogP contribution in [0.5, 0.6) is 0 Å². The van der Waals surface area contributed by atoms with Gasteiger partial charge in [-0.2, -0.15) is 0 Å². The van der Waals surface area contributed by atoms with E-state index in [0.717, 1.165) is 13.1 Å². The first kappa shape index (κ1) is 13.7. The molecule has 0 spiro atoms. The number of rotatable bonds is 6. The van der Waals surface area contributed by atoms with Crippen LogP contribution < -0.4 is 16.0 Å². The molecule has 0 radical (unpaired) electrons. The number of nitrogens with one attached hydrogen (secondary N) is 3. The largest absolute Gasteiger partial charge is 0.465 e. The molecule has 1 rings (SSSR count). The summed E-state index contributed by atoms with van der Waals surface area (Å²) in [5.74, 6) is -0.435. The van der Waals surface area contributed by atoms with E-state index in [4.69, 9.17) is 14.6 Å². The lowest BCUT2D eigenvalue weighted by molar-refractivity contribution is -0.122. The minimum Gasteiger partial charge on any atom is -0.465 e. The number of morpholine rings is 1. The molecule has 0 aliphatic carbocycles. The van der Waals surface area contributed by atoms with Crippen LogP contribution in [0.15, 0.2) is 0 Å². The van der Waals surface area contributed by atoms with Crippen molar-refractivity contribution in [2.45, 2.75) is 6.10 Å². The number of carboxylic acid groups (broad SMARTS) is 1. The lowest BCUT2D eigenvalue weighted by Crippen LogP contribution is -2.42. The summed E-state index contributed by atoms with van der Waals surface area (Å²) in [5, 5.41) is 15.8. The van der Waals surface area contributed by atoms with E-state index in [1.165, 1.54) is 0 Å². The van der Waals surface area contributed by atoms with Crippen molar-refractivity contribution in [1.29, 1.82) is 0 Å². The standard InChI is InChI=1S/C9H17N3O5/c13-8(4-11-9(14)15)12-6-16-5-7-3-10-1-2-17-7/h7,10-11H,1-6H2,(H,12,13)(H,14,15)/t7-/m0/s1. The molecule has 0 bridgehead atoms. The quantitative estimate of drug-likeness (QED) is 0.330. The molecule has 8 heteroatoms. The molecule has 0 aromatic heterocycles. The van der Waals surface area contributed by atoms with Gasteiger partial charge in [0.15, 0.2) is 0 Å². The highest BCUT2D eigenvalue weighted by Gasteiger charge is 2.13. The zero-order chi connectivity index (χ0) is 12.5. The van der Waals surface area contributed by atoms with Crippen LogP contribution in [0.2, 0.25) is 0 Å². The first-order chi connectivity index (χ1) is 8.18. The zero-order valence-electron chi connectivity index (χ0n) is 9.40. The van der Waals surface area contributed by atoms with Crippen LogP contribution in [0.1, 0.15) is 0 Å². The highest BCUT2D eigenvalue weighted by Crippen LogP contribution is 1.95. The maximum atomic E-state index is 11.0. The molecule has 0 aromatic rings. The molecule has 17 heavy (non-hydrogen) atoms. The van der Waals surface area contributed by atoms with Gasteiger partial charge in [0, 0.05) is 13.1 Å². The van der Waals surface area contributed by atoms with Gasteiger partial charge in [0.2, 0.25) is 5.91 Å². The third kappa shape index (κ3) is 6.72. The first-order valence-corrected chi connectivity index (χ1v) is 5.32. The summed E-state index contributed by atoms with van der Waals surface area (Å²) in [6, 6.07) is 0. The monoisotopic (exact) mass is 247 g/mol. The maximum absolute atomic E-state index is 11.0. The fraction of sp³-hybridized carbons (Fsp3) is 0.778. The Bertz CT molecular complexity index is 255. The first-order valence-electron chi connectivity index (χ1n) is 5.32. The molecular weight excluding hydrogens is 230 g/mol. The second-order valence-corrected chi connectivity index (χ2v) is 3.47. The predicted molar refractivity (Wildman–Crippen MR) is 57.6 cm³/mol. The minimum absolute atomic E-state index is 0.00204. The second-order valence-electron chi connectivity index (χ2n) is 3.47. The number of hydrogen-bond donors (Lipinski definition) is 4. The zero-order valence-corrected chi connectivity index (χ0v) is 9.40. The lowest BCUT2D eigenvalue weighted by atomic mass is 10.3. The number of ether oxygens (including phenoxy) is 2. The smallest absolute Gasteiger partial charge is 0.405 e. The van der Waals surface area contributed by atoms with Gasteiger partial charge in [0.25, 0.3) is 0 Å². The van der Waals surface area contributed by atoms with E-state index in [0.29, 0.717) is 13.2 Å². The van der Waals surface area contributed by atoms with Gasteiger partial charge in [0.05, 0.1) is 19.3 Å². The normalized spacial score (nSPS) is 19.6.